The molecule has 2 rings (SSSR count). The van der Waals surface area contributed by atoms with E-state index in [1.807, 2.05) is 0 Å². The molecule has 12 nitrogen and oxygen atoms in total. The molecule has 0 radical (unpaired) electrons. The number of nitrogens with zero attached hydrogens (tertiary/aromatic N) is 3. The van der Waals surface area contributed by atoms with Gasteiger partial charge < -0.3 is 19.7 Å². The Morgan fingerprint density at radius 2 is 1.75 bits per heavy atom. The Morgan fingerprint density at radius 3 is 2.25 bits per heavy atom. The maximum absolute atomic E-state index is 13.5. The number of carbonyl (C=O) groups is 2. The number of anilines is 1. The number of hydrogen-bond donors (Lipinski definition) is 1. The van der Waals surface area contributed by atoms with E-state index < -0.39 is 39.3 Å². The zero-order valence-corrected chi connectivity index (χ0v) is 21.6. The van der Waals surface area contributed by atoms with Crippen LogP contribution in [0.2, 0.25) is 0 Å². The van der Waals surface area contributed by atoms with Gasteiger partial charge in [-0.3, -0.25) is 24.0 Å². The highest BCUT2D eigenvalue weighted by molar-refractivity contribution is 7.92. The van der Waals surface area contributed by atoms with E-state index >= 15 is 0 Å². The molecule has 0 saturated carbocycles. The van der Waals surface area contributed by atoms with Gasteiger partial charge in [-0.2, -0.15) is 0 Å². The van der Waals surface area contributed by atoms with Gasteiger partial charge in [0, 0.05) is 25.2 Å². The van der Waals surface area contributed by atoms with Crippen molar-refractivity contribution in [2.45, 2.75) is 26.4 Å². The highest BCUT2D eigenvalue weighted by Crippen LogP contribution is 2.33. The molecule has 0 spiro atoms. The van der Waals surface area contributed by atoms with E-state index in [0.717, 1.165) is 22.7 Å². The van der Waals surface area contributed by atoms with E-state index in [0.29, 0.717) is 17.9 Å². The van der Waals surface area contributed by atoms with Crippen molar-refractivity contribution in [3.05, 3.63) is 58.1 Å². The number of ether oxygens (including phenoxy) is 2. The minimum Gasteiger partial charge on any atom is -0.497 e. The Balaban J connectivity index is 2.50. The molecule has 13 heteroatoms. The molecule has 1 N–H and O–H groups in total. The molecule has 2 aromatic rings. The summed E-state index contributed by atoms with van der Waals surface area (Å²) < 4.78 is 36.5. The summed E-state index contributed by atoms with van der Waals surface area (Å²) in [5.41, 5.74) is 0.134. The average Bonchev–Trinajstić information content (AvgIpc) is 2.84. The Bertz CT molecular complexity index is 1200. The van der Waals surface area contributed by atoms with Crippen LogP contribution in [0.4, 0.5) is 11.4 Å². The molecule has 0 heterocycles. The second-order valence-electron chi connectivity index (χ2n) is 7.82. The Kier molecular flexibility index (Phi) is 9.61. The number of nitro groups is 1. The maximum atomic E-state index is 13.5. The van der Waals surface area contributed by atoms with Crippen molar-refractivity contribution in [1.82, 2.24) is 10.2 Å². The number of likely N-dealkylation sites (N-methyl/N-ethyl adjacent to an activating group) is 1. The van der Waals surface area contributed by atoms with Gasteiger partial charge in [0.15, 0.2) is 0 Å². The Labute approximate surface area is 210 Å². The maximum Gasteiger partial charge on any atom is 0.271 e. The third kappa shape index (κ3) is 7.07. The number of benzene rings is 2. The van der Waals surface area contributed by atoms with Crippen molar-refractivity contribution in [2.75, 3.05) is 37.9 Å². The molecule has 0 aliphatic rings. The molecule has 36 heavy (non-hydrogen) atoms. The molecule has 0 aliphatic carbocycles. The first kappa shape index (κ1) is 28.4. The van der Waals surface area contributed by atoms with Gasteiger partial charge in [-0.15, -0.1) is 0 Å². The van der Waals surface area contributed by atoms with Gasteiger partial charge >= 0.3 is 0 Å². The molecule has 0 aliphatic heterocycles. The highest BCUT2D eigenvalue weighted by atomic mass is 32.2. The molecule has 0 aromatic heterocycles. The summed E-state index contributed by atoms with van der Waals surface area (Å²) in [7, 11) is -1.30. The van der Waals surface area contributed by atoms with Crippen molar-refractivity contribution in [3.8, 4) is 11.5 Å². The van der Waals surface area contributed by atoms with E-state index in [9.17, 15) is 28.1 Å². The summed E-state index contributed by atoms with van der Waals surface area (Å²) >= 11 is 0. The first-order chi connectivity index (χ1) is 16.9. The predicted octanol–water partition coefficient (Wildman–Crippen LogP) is 1.93. The molecular formula is C23H30N4O8S. The molecular weight excluding hydrogens is 492 g/mol. The molecule has 2 aromatic carbocycles. The van der Waals surface area contributed by atoms with Crippen molar-refractivity contribution >= 4 is 33.2 Å². The minimum absolute atomic E-state index is 0.00476. The molecule has 0 unspecified atom stereocenters. The van der Waals surface area contributed by atoms with Crippen LogP contribution in [0.25, 0.3) is 0 Å². The average molecular weight is 523 g/mol. The molecule has 2 amide bonds. The lowest BCUT2D eigenvalue weighted by Gasteiger charge is -2.31. The van der Waals surface area contributed by atoms with Crippen molar-refractivity contribution in [3.63, 3.8) is 0 Å². The van der Waals surface area contributed by atoms with E-state index in [2.05, 4.69) is 5.32 Å². The second-order valence-corrected chi connectivity index (χ2v) is 9.73. The van der Waals surface area contributed by atoms with Crippen LogP contribution in [0.1, 0.15) is 19.4 Å². The van der Waals surface area contributed by atoms with Gasteiger partial charge in [-0.1, -0.05) is 12.1 Å². The van der Waals surface area contributed by atoms with Gasteiger partial charge in [-0.25, -0.2) is 8.42 Å². The van der Waals surface area contributed by atoms with Gasteiger partial charge in [0.25, 0.3) is 5.69 Å². The van der Waals surface area contributed by atoms with Crippen LogP contribution in [0, 0.1) is 10.1 Å². The number of nitro benzene ring substituents is 1. The standard InChI is InChI=1S/C23H30N4O8S/c1-6-24-23(29)16(2)25(14-17-7-10-19(34-3)11-8-17)22(28)15-26(36(5,32)33)20-13-18(27(30)31)9-12-21(20)35-4/h7-13,16H,6,14-15H2,1-5H3,(H,24,29)/t16-/m1/s1. The molecule has 1 atom stereocenters. The fourth-order valence-corrected chi connectivity index (χ4v) is 4.26. The topological polar surface area (TPSA) is 148 Å². The number of amides is 2. The summed E-state index contributed by atoms with van der Waals surface area (Å²) in [6.45, 7) is 2.90. The lowest BCUT2D eigenvalue weighted by atomic mass is 10.1. The van der Waals surface area contributed by atoms with Crippen LogP contribution < -0.4 is 19.1 Å². The monoisotopic (exact) mass is 522 g/mol. The van der Waals surface area contributed by atoms with Gasteiger partial charge in [-0.05, 0) is 37.6 Å². The fourth-order valence-electron chi connectivity index (χ4n) is 3.41. The van der Waals surface area contributed by atoms with Crippen LogP contribution in [0.15, 0.2) is 42.5 Å². The summed E-state index contributed by atoms with van der Waals surface area (Å²) in [5, 5.41) is 14.0. The van der Waals surface area contributed by atoms with Gasteiger partial charge in [0.05, 0.1) is 25.4 Å². The zero-order chi connectivity index (χ0) is 27.0. The van der Waals surface area contributed by atoms with E-state index in [1.54, 1.807) is 31.2 Å². The van der Waals surface area contributed by atoms with Crippen LogP contribution in [0.5, 0.6) is 11.5 Å². The van der Waals surface area contributed by atoms with Crippen LogP contribution in [-0.2, 0) is 26.2 Å². The minimum atomic E-state index is -4.09. The number of non-ortho nitro benzene ring substituents is 1. The summed E-state index contributed by atoms with van der Waals surface area (Å²) in [6.07, 6.45) is 0.875. The number of methoxy groups -OCH3 is 2. The summed E-state index contributed by atoms with van der Waals surface area (Å²) in [5.74, 6) is -0.478. The van der Waals surface area contributed by atoms with Crippen molar-refractivity contribution in [2.24, 2.45) is 0 Å². The highest BCUT2D eigenvalue weighted by Gasteiger charge is 2.31. The quantitative estimate of drug-likeness (QED) is 0.328. The van der Waals surface area contributed by atoms with Crippen LogP contribution in [0.3, 0.4) is 0 Å². The van der Waals surface area contributed by atoms with Crippen molar-refractivity contribution in [1.29, 1.82) is 0 Å². The largest absolute Gasteiger partial charge is 0.497 e. The fraction of sp³-hybridized carbons (Fsp3) is 0.391. The van der Waals surface area contributed by atoms with Crippen molar-refractivity contribution < 1.29 is 32.4 Å². The smallest absolute Gasteiger partial charge is 0.271 e. The molecule has 0 fully saturated rings. The lowest BCUT2D eigenvalue weighted by Crippen LogP contribution is -2.51. The Hall–Kier alpha value is -3.87. The molecule has 0 saturated heterocycles. The molecule has 0 bridgehead atoms. The third-order valence-electron chi connectivity index (χ3n) is 5.35. The Morgan fingerprint density at radius 1 is 1.11 bits per heavy atom. The van der Waals surface area contributed by atoms with Crippen LogP contribution in [-0.4, -0.2) is 69.7 Å². The van der Waals surface area contributed by atoms with Gasteiger partial charge in [0.1, 0.15) is 29.8 Å². The normalized spacial score (nSPS) is 11.8. The SMILES string of the molecule is CCNC(=O)[C@@H](C)N(Cc1ccc(OC)cc1)C(=O)CN(c1cc([N+](=O)[O-])ccc1OC)S(C)(=O)=O. The summed E-state index contributed by atoms with van der Waals surface area (Å²) in [4.78, 5) is 38.0. The second kappa shape index (κ2) is 12.2. The predicted molar refractivity (Wildman–Crippen MR) is 134 cm³/mol. The number of sulfonamides is 1. The third-order valence-corrected chi connectivity index (χ3v) is 6.48. The number of carbonyl (C=O) groups excluding carboxylic acids is 2. The molecule has 196 valence electrons. The van der Waals surface area contributed by atoms with E-state index in [4.69, 9.17) is 9.47 Å². The number of rotatable bonds is 12. The number of nitrogens with one attached hydrogen (secondary N) is 1. The van der Waals surface area contributed by atoms with Crippen LogP contribution >= 0.6 is 0 Å². The number of hydrogen-bond acceptors (Lipinski definition) is 8. The first-order valence-electron chi connectivity index (χ1n) is 10.9. The van der Waals surface area contributed by atoms with E-state index in [-0.39, 0.29) is 23.7 Å². The zero-order valence-electron chi connectivity index (χ0n) is 20.8. The summed E-state index contributed by atoms with van der Waals surface area (Å²) in [6, 6.07) is 9.35. The lowest BCUT2D eigenvalue weighted by molar-refractivity contribution is -0.384. The van der Waals surface area contributed by atoms with Gasteiger partial charge in [0.2, 0.25) is 21.8 Å². The van der Waals surface area contributed by atoms with E-state index in [1.165, 1.54) is 32.1 Å². The first-order valence-corrected chi connectivity index (χ1v) is 12.8.